The smallest absolute Gasteiger partial charge is 0.265 e. The quantitative estimate of drug-likeness (QED) is 0.641. The summed E-state index contributed by atoms with van der Waals surface area (Å²) in [6.45, 7) is -0.467. The molecule has 1 N–H and O–H groups in total. The molecule has 7 nitrogen and oxygen atoms in total. The normalized spacial score (nSPS) is 16.2. The van der Waals surface area contributed by atoms with Gasteiger partial charge in [0.1, 0.15) is 18.0 Å². The molecule has 168 valence electrons. The van der Waals surface area contributed by atoms with Crippen LogP contribution in [0.3, 0.4) is 0 Å². The van der Waals surface area contributed by atoms with E-state index >= 15 is 0 Å². The van der Waals surface area contributed by atoms with Crippen LogP contribution in [0.25, 0.3) is 0 Å². The number of benzene rings is 2. The summed E-state index contributed by atoms with van der Waals surface area (Å²) in [6, 6.07) is 11.9. The lowest BCUT2D eigenvalue weighted by Gasteiger charge is -2.30. The Bertz CT molecular complexity index is 1020. The van der Waals surface area contributed by atoms with Gasteiger partial charge in [0.2, 0.25) is 5.91 Å². The van der Waals surface area contributed by atoms with Crippen LogP contribution in [0.5, 0.6) is 11.5 Å². The molecule has 0 aromatic heterocycles. The number of nitrogens with one attached hydrogen (secondary N) is 1. The molecule has 2 aromatic rings. The summed E-state index contributed by atoms with van der Waals surface area (Å²) in [6.07, 6.45) is 5.32. The van der Waals surface area contributed by atoms with Gasteiger partial charge in [-0.15, -0.1) is 0 Å². The standard InChI is InChI=1S/C24H25ClN2O5/c25-18-8-4-5-9-21(18)31-14-20(28)16-10-11-22-19(12-16)27(24(30)15-32-22)13-23(29)26-17-6-2-1-3-7-17/h4-5,8-12,17H,1-3,6-7,13-15H2,(H,26,29). The van der Waals surface area contributed by atoms with E-state index in [1.54, 1.807) is 42.5 Å². The Morgan fingerprint density at radius 3 is 2.69 bits per heavy atom. The van der Waals surface area contributed by atoms with Gasteiger partial charge in [0.25, 0.3) is 5.91 Å². The van der Waals surface area contributed by atoms with Crippen molar-refractivity contribution >= 4 is 34.9 Å². The average Bonchev–Trinajstić information content (AvgIpc) is 2.80. The zero-order valence-electron chi connectivity index (χ0n) is 17.6. The predicted octanol–water partition coefficient (Wildman–Crippen LogP) is 3.78. The van der Waals surface area contributed by atoms with E-state index in [-0.39, 0.29) is 43.4 Å². The molecule has 0 atom stereocenters. The van der Waals surface area contributed by atoms with Gasteiger partial charge in [-0.1, -0.05) is 43.0 Å². The first-order chi connectivity index (χ1) is 15.5. The predicted molar refractivity (Wildman–Crippen MR) is 121 cm³/mol. The van der Waals surface area contributed by atoms with E-state index in [1.165, 1.54) is 11.3 Å². The largest absolute Gasteiger partial charge is 0.484 e. The minimum Gasteiger partial charge on any atom is -0.484 e. The third-order valence-electron chi connectivity index (χ3n) is 5.69. The van der Waals surface area contributed by atoms with E-state index < -0.39 is 0 Å². The maximum atomic E-state index is 12.7. The van der Waals surface area contributed by atoms with E-state index in [1.807, 2.05) is 0 Å². The maximum Gasteiger partial charge on any atom is 0.265 e. The van der Waals surface area contributed by atoms with Gasteiger partial charge < -0.3 is 14.8 Å². The Kier molecular flexibility index (Phi) is 6.95. The lowest BCUT2D eigenvalue weighted by molar-refractivity contribution is -0.125. The van der Waals surface area contributed by atoms with Crippen LogP contribution in [0.2, 0.25) is 5.02 Å². The second kappa shape index (κ2) is 10.0. The van der Waals surface area contributed by atoms with Gasteiger partial charge in [-0.2, -0.15) is 0 Å². The molecular weight excluding hydrogens is 432 g/mol. The van der Waals surface area contributed by atoms with Gasteiger partial charge >= 0.3 is 0 Å². The molecule has 32 heavy (non-hydrogen) atoms. The highest BCUT2D eigenvalue weighted by atomic mass is 35.5. The van der Waals surface area contributed by atoms with Crippen molar-refractivity contribution in [1.82, 2.24) is 5.32 Å². The van der Waals surface area contributed by atoms with Crippen LogP contribution < -0.4 is 19.7 Å². The number of carbonyl (C=O) groups excluding carboxylic acids is 3. The molecule has 0 bridgehead atoms. The topological polar surface area (TPSA) is 84.9 Å². The van der Waals surface area contributed by atoms with Crippen molar-refractivity contribution in [2.75, 3.05) is 24.7 Å². The Morgan fingerprint density at radius 2 is 1.91 bits per heavy atom. The van der Waals surface area contributed by atoms with E-state index in [9.17, 15) is 14.4 Å². The number of ketones is 1. The first-order valence-electron chi connectivity index (χ1n) is 10.8. The van der Waals surface area contributed by atoms with E-state index in [0.717, 1.165) is 25.7 Å². The van der Waals surface area contributed by atoms with Gasteiger partial charge in [0.15, 0.2) is 19.0 Å². The fraction of sp³-hybridized carbons (Fsp3) is 0.375. The minimum absolute atomic E-state index is 0.112. The van der Waals surface area contributed by atoms with Crippen LogP contribution in [0.1, 0.15) is 42.5 Å². The summed E-state index contributed by atoms with van der Waals surface area (Å²) in [5.41, 5.74) is 0.760. The lowest BCUT2D eigenvalue weighted by Crippen LogP contribution is -2.47. The number of hydrogen-bond donors (Lipinski definition) is 1. The highest BCUT2D eigenvalue weighted by molar-refractivity contribution is 6.32. The van der Waals surface area contributed by atoms with Crippen molar-refractivity contribution in [3.8, 4) is 11.5 Å². The zero-order valence-corrected chi connectivity index (χ0v) is 18.4. The molecule has 1 heterocycles. The highest BCUT2D eigenvalue weighted by Crippen LogP contribution is 2.33. The second-order valence-electron chi connectivity index (χ2n) is 8.00. The molecule has 2 aromatic carbocycles. The van der Waals surface area contributed by atoms with Gasteiger partial charge in [0.05, 0.1) is 10.7 Å². The fourth-order valence-corrected chi connectivity index (χ4v) is 4.19. The second-order valence-corrected chi connectivity index (χ2v) is 8.40. The number of halogens is 1. The molecule has 0 saturated heterocycles. The monoisotopic (exact) mass is 456 g/mol. The molecule has 1 aliphatic heterocycles. The summed E-state index contributed by atoms with van der Waals surface area (Å²) >= 11 is 6.07. The zero-order chi connectivity index (χ0) is 22.5. The summed E-state index contributed by atoms with van der Waals surface area (Å²) in [4.78, 5) is 39.2. The van der Waals surface area contributed by atoms with E-state index in [2.05, 4.69) is 5.32 Å². The Hall–Kier alpha value is -3.06. The third-order valence-corrected chi connectivity index (χ3v) is 6.00. The average molecular weight is 457 g/mol. The molecular formula is C24H25ClN2O5. The molecule has 1 fully saturated rings. The summed E-state index contributed by atoms with van der Waals surface area (Å²) < 4.78 is 11.0. The number of carbonyl (C=O) groups is 3. The Morgan fingerprint density at radius 1 is 1.12 bits per heavy atom. The van der Waals surface area contributed by atoms with Gasteiger partial charge in [-0.3, -0.25) is 19.3 Å². The molecule has 0 unspecified atom stereocenters. The van der Waals surface area contributed by atoms with Crippen LogP contribution in [0, 0.1) is 0 Å². The number of para-hydroxylation sites is 1. The summed E-state index contributed by atoms with van der Waals surface area (Å²) in [5.74, 6) is 0.0566. The lowest BCUT2D eigenvalue weighted by atomic mass is 9.95. The minimum atomic E-state index is -0.326. The van der Waals surface area contributed by atoms with Crippen LogP contribution in [0.4, 0.5) is 5.69 Å². The first-order valence-corrected chi connectivity index (χ1v) is 11.2. The first kappa shape index (κ1) is 22.1. The van der Waals surface area contributed by atoms with Crippen LogP contribution in [-0.4, -0.2) is 43.4 Å². The van der Waals surface area contributed by atoms with Gasteiger partial charge in [-0.05, 0) is 43.2 Å². The number of amides is 2. The number of hydrogen-bond acceptors (Lipinski definition) is 5. The number of anilines is 1. The molecule has 0 spiro atoms. The van der Waals surface area contributed by atoms with Crippen molar-refractivity contribution in [2.24, 2.45) is 0 Å². The molecule has 1 aliphatic carbocycles. The Labute approximate surface area is 191 Å². The molecule has 2 aliphatic rings. The van der Waals surface area contributed by atoms with Crippen LogP contribution in [-0.2, 0) is 9.59 Å². The Balaban J connectivity index is 1.45. The number of nitrogens with zero attached hydrogens (tertiary/aromatic N) is 1. The maximum absolute atomic E-state index is 12.7. The van der Waals surface area contributed by atoms with Crippen molar-refractivity contribution in [1.29, 1.82) is 0 Å². The van der Waals surface area contributed by atoms with E-state index in [0.29, 0.717) is 27.8 Å². The molecule has 2 amide bonds. The number of fused-ring (bicyclic) bond motifs is 1. The third kappa shape index (κ3) is 5.22. The molecule has 4 rings (SSSR count). The van der Waals surface area contributed by atoms with Crippen molar-refractivity contribution in [3.05, 3.63) is 53.1 Å². The molecule has 8 heteroatoms. The van der Waals surface area contributed by atoms with Crippen molar-refractivity contribution in [3.63, 3.8) is 0 Å². The molecule has 0 radical (unpaired) electrons. The highest BCUT2D eigenvalue weighted by Gasteiger charge is 2.29. The van der Waals surface area contributed by atoms with E-state index in [4.69, 9.17) is 21.1 Å². The SMILES string of the molecule is O=C(CN1C(=O)COc2ccc(C(=O)COc3ccccc3Cl)cc21)NC1CCCCC1. The van der Waals surface area contributed by atoms with Crippen LogP contribution >= 0.6 is 11.6 Å². The van der Waals surface area contributed by atoms with Gasteiger partial charge in [-0.25, -0.2) is 0 Å². The number of Topliss-reactive ketones (excluding diaryl/α,β-unsaturated/α-hetero) is 1. The molecule has 1 saturated carbocycles. The van der Waals surface area contributed by atoms with Crippen molar-refractivity contribution in [2.45, 2.75) is 38.1 Å². The fourth-order valence-electron chi connectivity index (χ4n) is 4.00. The van der Waals surface area contributed by atoms with Gasteiger partial charge in [0, 0.05) is 11.6 Å². The summed E-state index contributed by atoms with van der Waals surface area (Å²) in [5, 5.41) is 3.44. The summed E-state index contributed by atoms with van der Waals surface area (Å²) in [7, 11) is 0. The van der Waals surface area contributed by atoms with Crippen LogP contribution in [0.15, 0.2) is 42.5 Å². The number of rotatable bonds is 7. The number of ether oxygens (including phenoxy) is 2. The van der Waals surface area contributed by atoms with Crippen molar-refractivity contribution < 1.29 is 23.9 Å².